The van der Waals surface area contributed by atoms with Crippen LogP contribution in [0.5, 0.6) is 11.5 Å². The lowest BCUT2D eigenvalue weighted by Crippen LogP contribution is -2.19. The van der Waals surface area contributed by atoms with Gasteiger partial charge in [0, 0.05) is 11.6 Å². The van der Waals surface area contributed by atoms with Gasteiger partial charge in [0.1, 0.15) is 17.3 Å². The lowest BCUT2D eigenvalue weighted by Gasteiger charge is -2.15. The number of benzene rings is 2. The van der Waals surface area contributed by atoms with Crippen molar-refractivity contribution in [3.8, 4) is 11.5 Å². The van der Waals surface area contributed by atoms with Crippen LogP contribution in [0.3, 0.4) is 0 Å². The molecule has 2 nitrogen and oxygen atoms in total. The highest BCUT2D eigenvalue weighted by molar-refractivity contribution is 5.42. The van der Waals surface area contributed by atoms with Gasteiger partial charge in [-0.2, -0.15) is 0 Å². The summed E-state index contributed by atoms with van der Waals surface area (Å²) in [4.78, 5) is 0. The molecule has 0 aliphatic heterocycles. The van der Waals surface area contributed by atoms with E-state index in [2.05, 4.69) is 6.92 Å². The quantitative estimate of drug-likeness (QED) is 0.891. The fourth-order valence-corrected chi connectivity index (χ4v) is 2.17. The molecule has 0 aliphatic rings. The molecule has 0 aliphatic carbocycles. The first-order valence-corrected chi connectivity index (χ1v) is 6.90. The van der Waals surface area contributed by atoms with Gasteiger partial charge in [0.2, 0.25) is 0 Å². The third-order valence-corrected chi connectivity index (χ3v) is 3.18. The van der Waals surface area contributed by atoms with Gasteiger partial charge in [-0.15, -0.1) is 0 Å². The highest BCUT2D eigenvalue weighted by Gasteiger charge is 2.13. The van der Waals surface area contributed by atoms with E-state index in [4.69, 9.17) is 10.5 Å². The van der Waals surface area contributed by atoms with E-state index in [9.17, 15) is 4.39 Å². The molecule has 2 N–H and O–H groups in total. The standard InChI is InChI=1S/C17H20FNO/c1-3-13-7-4-5-9-16(13)20-17-10-6-8-15(18)14(17)11-12(2)19/h4-10,12H,3,11,19H2,1-2H3. The molecule has 2 rings (SSSR count). The van der Waals surface area contributed by atoms with E-state index in [0.717, 1.165) is 17.7 Å². The molecule has 0 amide bonds. The normalized spacial score (nSPS) is 12.2. The zero-order chi connectivity index (χ0) is 14.5. The number of para-hydroxylation sites is 1. The Hall–Kier alpha value is -1.87. The van der Waals surface area contributed by atoms with E-state index in [1.165, 1.54) is 6.07 Å². The molecule has 2 aromatic rings. The van der Waals surface area contributed by atoms with Crippen molar-refractivity contribution >= 4 is 0 Å². The number of hydrogen-bond donors (Lipinski definition) is 1. The van der Waals surface area contributed by atoms with Gasteiger partial charge >= 0.3 is 0 Å². The fraction of sp³-hybridized carbons (Fsp3) is 0.294. The summed E-state index contributed by atoms with van der Waals surface area (Å²) in [5, 5.41) is 0. The first-order valence-electron chi connectivity index (χ1n) is 6.90. The molecule has 0 saturated heterocycles. The Morgan fingerprint density at radius 2 is 1.80 bits per heavy atom. The molecular weight excluding hydrogens is 253 g/mol. The van der Waals surface area contributed by atoms with Crippen molar-refractivity contribution < 1.29 is 9.13 Å². The summed E-state index contributed by atoms with van der Waals surface area (Å²) in [5.41, 5.74) is 7.43. The molecule has 106 valence electrons. The number of hydrogen-bond acceptors (Lipinski definition) is 2. The fourth-order valence-electron chi connectivity index (χ4n) is 2.17. The lowest BCUT2D eigenvalue weighted by atomic mass is 10.1. The highest BCUT2D eigenvalue weighted by atomic mass is 19.1. The first kappa shape index (κ1) is 14.5. The van der Waals surface area contributed by atoms with Crippen LogP contribution in [-0.4, -0.2) is 6.04 Å². The second kappa shape index (κ2) is 6.53. The maximum absolute atomic E-state index is 14.0. The van der Waals surface area contributed by atoms with Crippen molar-refractivity contribution in [3.63, 3.8) is 0 Å². The third kappa shape index (κ3) is 3.36. The molecule has 0 fully saturated rings. The minimum Gasteiger partial charge on any atom is -0.457 e. The summed E-state index contributed by atoms with van der Waals surface area (Å²) in [7, 11) is 0. The molecule has 1 atom stereocenters. The van der Waals surface area contributed by atoms with E-state index in [0.29, 0.717) is 17.7 Å². The molecule has 3 heteroatoms. The summed E-state index contributed by atoms with van der Waals surface area (Å²) in [5.74, 6) is 1.04. The van der Waals surface area contributed by atoms with Gasteiger partial charge in [0.05, 0.1) is 0 Å². The molecule has 0 heterocycles. The smallest absolute Gasteiger partial charge is 0.133 e. The molecule has 0 aromatic heterocycles. The molecule has 0 bridgehead atoms. The predicted octanol–water partition coefficient (Wildman–Crippen LogP) is 4.07. The number of rotatable bonds is 5. The Morgan fingerprint density at radius 1 is 1.10 bits per heavy atom. The van der Waals surface area contributed by atoms with Crippen molar-refractivity contribution in [2.75, 3.05) is 0 Å². The summed E-state index contributed by atoms with van der Waals surface area (Å²) < 4.78 is 19.9. The van der Waals surface area contributed by atoms with E-state index < -0.39 is 0 Å². The van der Waals surface area contributed by atoms with E-state index in [-0.39, 0.29) is 11.9 Å². The lowest BCUT2D eigenvalue weighted by molar-refractivity contribution is 0.459. The molecule has 0 radical (unpaired) electrons. The Kier molecular flexibility index (Phi) is 4.74. The van der Waals surface area contributed by atoms with Gasteiger partial charge < -0.3 is 10.5 Å². The third-order valence-electron chi connectivity index (χ3n) is 3.18. The summed E-state index contributed by atoms with van der Waals surface area (Å²) in [6.45, 7) is 3.92. The largest absolute Gasteiger partial charge is 0.457 e. The Labute approximate surface area is 119 Å². The maximum atomic E-state index is 14.0. The zero-order valence-electron chi connectivity index (χ0n) is 11.9. The van der Waals surface area contributed by atoms with E-state index in [1.807, 2.05) is 31.2 Å². The van der Waals surface area contributed by atoms with Crippen molar-refractivity contribution in [2.45, 2.75) is 32.7 Å². The SMILES string of the molecule is CCc1ccccc1Oc1cccc(F)c1CC(C)N. The minimum atomic E-state index is -0.270. The van der Waals surface area contributed by atoms with Crippen LogP contribution < -0.4 is 10.5 Å². The Balaban J connectivity index is 2.35. The Bertz CT molecular complexity index is 581. The van der Waals surface area contributed by atoms with E-state index in [1.54, 1.807) is 12.1 Å². The number of ether oxygens (including phenoxy) is 1. The van der Waals surface area contributed by atoms with Crippen LogP contribution in [0.15, 0.2) is 42.5 Å². The Morgan fingerprint density at radius 3 is 2.50 bits per heavy atom. The molecule has 0 spiro atoms. The average Bonchev–Trinajstić information content (AvgIpc) is 2.43. The molecule has 20 heavy (non-hydrogen) atoms. The van der Waals surface area contributed by atoms with Crippen molar-refractivity contribution in [3.05, 3.63) is 59.4 Å². The second-order valence-electron chi connectivity index (χ2n) is 4.96. The molecule has 2 aromatic carbocycles. The average molecular weight is 273 g/mol. The highest BCUT2D eigenvalue weighted by Crippen LogP contribution is 2.30. The topological polar surface area (TPSA) is 35.2 Å². The maximum Gasteiger partial charge on any atom is 0.133 e. The van der Waals surface area contributed by atoms with Gasteiger partial charge in [-0.3, -0.25) is 0 Å². The number of nitrogens with two attached hydrogens (primary N) is 1. The van der Waals surface area contributed by atoms with Crippen LogP contribution in [-0.2, 0) is 12.8 Å². The summed E-state index contributed by atoms with van der Waals surface area (Å²) in [6.07, 6.45) is 1.32. The van der Waals surface area contributed by atoms with Crippen molar-refractivity contribution in [2.24, 2.45) is 5.73 Å². The monoisotopic (exact) mass is 273 g/mol. The zero-order valence-corrected chi connectivity index (χ0v) is 11.9. The van der Waals surface area contributed by atoms with Gasteiger partial charge in [0.15, 0.2) is 0 Å². The van der Waals surface area contributed by atoms with Gasteiger partial charge in [0.25, 0.3) is 0 Å². The predicted molar refractivity (Wildman–Crippen MR) is 79.6 cm³/mol. The van der Waals surface area contributed by atoms with Gasteiger partial charge in [-0.1, -0.05) is 31.2 Å². The summed E-state index contributed by atoms with van der Waals surface area (Å²) in [6, 6.07) is 12.6. The number of halogens is 1. The number of aryl methyl sites for hydroxylation is 1. The molecular formula is C17H20FNO. The van der Waals surface area contributed by atoms with Gasteiger partial charge in [-0.05, 0) is 43.5 Å². The van der Waals surface area contributed by atoms with Crippen LogP contribution in [0.25, 0.3) is 0 Å². The second-order valence-corrected chi connectivity index (χ2v) is 4.96. The van der Waals surface area contributed by atoms with Crippen LogP contribution >= 0.6 is 0 Å². The van der Waals surface area contributed by atoms with Crippen LogP contribution in [0, 0.1) is 5.82 Å². The molecule has 0 saturated carbocycles. The van der Waals surface area contributed by atoms with Crippen LogP contribution in [0.1, 0.15) is 25.0 Å². The van der Waals surface area contributed by atoms with Gasteiger partial charge in [-0.25, -0.2) is 4.39 Å². The van der Waals surface area contributed by atoms with Crippen LogP contribution in [0.2, 0.25) is 0 Å². The van der Waals surface area contributed by atoms with Crippen LogP contribution in [0.4, 0.5) is 4.39 Å². The first-order chi connectivity index (χ1) is 9.61. The summed E-state index contributed by atoms with van der Waals surface area (Å²) >= 11 is 0. The van der Waals surface area contributed by atoms with E-state index >= 15 is 0 Å². The van der Waals surface area contributed by atoms with Crippen molar-refractivity contribution in [1.29, 1.82) is 0 Å². The molecule has 1 unspecified atom stereocenters. The minimum absolute atomic E-state index is 0.115. The van der Waals surface area contributed by atoms with Crippen molar-refractivity contribution in [1.82, 2.24) is 0 Å².